The Balaban J connectivity index is 1.88. The summed E-state index contributed by atoms with van der Waals surface area (Å²) in [5.74, 6) is 0. The van der Waals surface area contributed by atoms with Gasteiger partial charge in [0.05, 0.1) is 18.1 Å². The average Bonchev–Trinajstić information content (AvgIpc) is 2.87. The molecule has 0 amide bonds. The van der Waals surface area contributed by atoms with Crippen molar-refractivity contribution < 1.29 is 13.2 Å². The van der Waals surface area contributed by atoms with Gasteiger partial charge in [0, 0.05) is 25.2 Å². The summed E-state index contributed by atoms with van der Waals surface area (Å²) in [7, 11) is -3.44. The van der Waals surface area contributed by atoms with Gasteiger partial charge in [0.1, 0.15) is 0 Å². The molecule has 0 radical (unpaired) electrons. The van der Waals surface area contributed by atoms with E-state index in [1.54, 1.807) is 10.4 Å². The molecule has 0 saturated carbocycles. The molecule has 0 bridgehead atoms. The number of rotatable bonds is 4. The molecule has 1 aromatic carbocycles. The lowest BCUT2D eigenvalue weighted by atomic mass is 10.0. The highest BCUT2D eigenvalue weighted by atomic mass is 32.2. The van der Waals surface area contributed by atoms with Crippen molar-refractivity contribution in [3.05, 3.63) is 29.8 Å². The molecule has 5 nitrogen and oxygen atoms in total. The maximum atomic E-state index is 13.0. The zero-order chi connectivity index (χ0) is 16.5. The first-order valence-corrected chi connectivity index (χ1v) is 9.76. The van der Waals surface area contributed by atoms with Crippen LogP contribution in [-0.2, 0) is 21.3 Å². The van der Waals surface area contributed by atoms with Crippen LogP contribution >= 0.6 is 0 Å². The number of benzene rings is 1. The fourth-order valence-corrected chi connectivity index (χ4v) is 5.10. The summed E-state index contributed by atoms with van der Waals surface area (Å²) in [6.45, 7) is 8.00. The molecule has 0 aromatic heterocycles. The second-order valence-corrected chi connectivity index (χ2v) is 8.87. The Morgan fingerprint density at radius 1 is 1.13 bits per heavy atom. The van der Waals surface area contributed by atoms with Crippen molar-refractivity contribution in [1.82, 2.24) is 9.21 Å². The molecule has 0 spiro atoms. The predicted octanol–water partition coefficient (Wildman–Crippen LogP) is 2.08. The molecule has 2 saturated heterocycles. The van der Waals surface area contributed by atoms with E-state index in [1.165, 1.54) is 6.42 Å². The lowest BCUT2D eigenvalue weighted by Crippen LogP contribution is -2.41. The smallest absolute Gasteiger partial charge is 0.243 e. The molecule has 0 N–H and O–H groups in total. The van der Waals surface area contributed by atoms with Gasteiger partial charge < -0.3 is 4.74 Å². The normalized spacial score (nSPS) is 23.2. The number of likely N-dealkylation sites (tertiary alicyclic amines) is 1. The Bertz CT molecular complexity index is 652. The fraction of sp³-hybridized carbons (Fsp3) is 0.647. The van der Waals surface area contributed by atoms with Gasteiger partial charge in [0.2, 0.25) is 10.0 Å². The van der Waals surface area contributed by atoms with Gasteiger partial charge in [-0.15, -0.1) is 0 Å². The van der Waals surface area contributed by atoms with E-state index >= 15 is 0 Å². The number of hydrogen-bond acceptors (Lipinski definition) is 4. The molecule has 6 heteroatoms. The monoisotopic (exact) mass is 338 g/mol. The Morgan fingerprint density at radius 3 is 2.48 bits per heavy atom. The predicted molar refractivity (Wildman–Crippen MR) is 89.7 cm³/mol. The molecule has 0 unspecified atom stereocenters. The highest BCUT2D eigenvalue weighted by Crippen LogP contribution is 2.31. The third-order valence-corrected chi connectivity index (χ3v) is 6.99. The van der Waals surface area contributed by atoms with Crippen LogP contribution in [0.1, 0.15) is 32.3 Å². The standard InChI is InChI=1S/C17H26N2O3S/c1-17(2)8-5-9-18(17)14-15-6-3-4-7-16(15)23(20,21)19-10-12-22-13-11-19/h3-4,6-7H,5,8-14H2,1-2H3. The highest BCUT2D eigenvalue weighted by molar-refractivity contribution is 7.89. The van der Waals surface area contributed by atoms with Crippen LogP contribution in [-0.4, -0.2) is 56.0 Å². The van der Waals surface area contributed by atoms with Gasteiger partial charge >= 0.3 is 0 Å². The summed E-state index contributed by atoms with van der Waals surface area (Å²) in [6, 6.07) is 7.42. The van der Waals surface area contributed by atoms with Gasteiger partial charge in [0.25, 0.3) is 0 Å². The first-order valence-electron chi connectivity index (χ1n) is 8.32. The van der Waals surface area contributed by atoms with E-state index in [9.17, 15) is 8.42 Å². The summed E-state index contributed by atoms with van der Waals surface area (Å²) < 4.78 is 32.8. The van der Waals surface area contributed by atoms with Gasteiger partial charge in [-0.25, -0.2) is 8.42 Å². The lowest BCUT2D eigenvalue weighted by molar-refractivity contribution is 0.0729. The second-order valence-electron chi connectivity index (χ2n) is 6.96. The number of morpholine rings is 1. The van der Waals surface area contributed by atoms with E-state index in [4.69, 9.17) is 4.74 Å². The van der Waals surface area contributed by atoms with Crippen LogP contribution < -0.4 is 0 Å². The molecule has 0 aliphatic carbocycles. The largest absolute Gasteiger partial charge is 0.379 e. The molecule has 0 atom stereocenters. The molecule has 128 valence electrons. The zero-order valence-corrected chi connectivity index (χ0v) is 14.8. The van der Waals surface area contributed by atoms with Crippen LogP contribution in [0.25, 0.3) is 0 Å². The molecular formula is C17H26N2O3S. The summed E-state index contributed by atoms with van der Waals surface area (Å²) >= 11 is 0. The van der Waals surface area contributed by atoms with Crippen molar-refractivity contribution in [2.24, 2.45) is 0 Å². The molecule has 2 fully saturated rings. The highest BCUT2D eigenvalue weighted by Gasteiger charge is 2.34. The van der Waals surface area contributed by atoms with Crippen molar-refractivity contribution in [2.45, 2.75) is 43.7 Å². The van der Waals surface area contributed by atoms with Crippen molar-refractivity contribution in [3.63, 3.8) is 0 Å². The van der Waals surface area contributed by atoms with E-state index < -0.39 is 10.0 Å². The van der Waals surface area contributed by atoms with Crippen molar-refractivity contribution >= 4 is 10.0 Å². The number of hydrogen-bond donors (Lipinski definition) is 0. The lowest BCUT2D eigenvalue weighted by Gasteiger charge is -2.33. The summed E-state index contributed by atoms with van der Waals surface area (Å²) in [5, 5.41) is 0. The maximum absolute atomic E-state index is 13.0. The minimum Gasteiger partial charge on any atom is -0.379 e. The first kappa shape index (κ1) is 16.9. The third kappa shape index (κ3) is 3.45. The zero-order valence-electron chi connectivity index (χ0n) is 14.0. The van der Waals surface area contributed by atoms with E-state index in [2.05, 4.69) is 18.7 Å². The van der Waals surface area contributed by atoms with E-state index in [1.807, 2.05) is 18.2 Å². The van der Waals surface area contributed by atoms with E-state index in [0.29, 0.717) is 37.7 Å². The number of sulfonamides is 1. The number of ether oxygens (including phenoxy) is 1. The van der Waals surface area contributed by atoms with Crippen LogP contribution in [0.5, 0.6) is 0 Å². The van der Waals surface area contributed by atoms with Crippen LogP contribution in [0.3, 0.4) is 0 Å². The second kappa shape index (κ2) is 6.51. The van der Waals surface area contributed by atoms with E-state index in [0.717, 1.165) is 18.5 Å². The van der Waals surface area contributed by atoms with Gasteiger partial charge in [-0.05, 0) is 44.9 Å². The van der Waals surface area contributed by atoms with E-state index in [-0.39, 0.29) is 5.54 Å². The topological polar surface area (TPSA) is 49.9 Å². The maximum Gasteiger partial charge on any atom is 0.243 e. The fourth-order valence-electron chi connectivity index (χ4n) is 3.47. The Hall–Kier alpha value is -0.950. The first-order chi connectivity index (χ1) is 10.9. The summed E-state index contributed by atoms with van der Waals surface area (Å²) in [4.78, 5) is 2.84. The van der Waals surface area contributed by atoms with Crippen molar-refractivity contribution in [2.75, 3.05) is 32.8 Å². The summed E-state index contributed by atoms with van der Waals surface area (Å²) in [6.07, 6.45) is 2.33. The van der Waals surface area contributed by atoms with Crippen molar-refractivity contribution in [1.29, 1.82) is 0 Å². The number of nitrogens with zero attached hydrogens (tertiary/aromatic N) is 2. The van der Waals surface area contributed by atoms with Crippen LogP contribution in [0.2, 0.25) is 0 Å². The van der Waals surface area contributed by atoms with Crippen LogP contribution in [0.4, 0.5) is 0 Å². The molecule has 2 aliphatic heterocycles. The Kier molecular flexibility index (Phi) is 4.78. The molecule has 2 aliphatic rings. The SMILES string of the molecule is CC1(C)CCCN1Cc1ccccc1S(=O)(=O)N1CCOCC1. The van der Waals surface area contributed by atoms with Gasteiger partial charge in [0.15, 0.2) is 0 Å². The van der Waals surface area contributed by atoms with Gasteiger partial charge in [-0.3, -0.25) is 4.90 Å². The molecule has 3 rings (SSSR count). The Morgan fingerprint density at radius 2 is 1.83 bits per heavy atom. The average molecular weight is 338 g/mol. The van der Waals surface area contributed by atoms with Gasteiger partial charge in [-0.2, -0.15) is 4.31 Å². The summed E-state index contributed by atoms with van der Waals surface area (Å²) in [5.41, 5.74) is 1.03. The quantitative estimate of drug-likeness (QED) is 0.843. The van der Waals surface area contributed by atoms with Crippen LogP contribution in [0.15, 0.2) is 29.2 Å². The molecule has 23 heavy (non-hydrogen) atoms. The Labute approximate surface area is 139 Å². The van der Waals surface area contributed by atoms with Crippen LogP contribution in [0, 0.1) is 0 Å². The minimum atomic E-state index is -3.44. The molecule has 1 aromatic rings. The third-order valence-electron chi connectivity index (χ3n) is 4.99. The van der Waals surface area contributed by atoms with Crippen molar-refractivity contribution in [3.8, 4) is 0 Å². The minimum absolute atomic E-state index is 0.135. The van der Waals surface area contributed by atoms with Gasteiger partial charge in [-0.1, -0.05) is 18.2 Å². The molecule has 2 heterocycles. The molecular weight excluding hydrogens is 312 g/mol.